The van der Waals surface area contributed by atoms with Gasteiger partial charge in [0.15, 0.2) is 6.61 Å². The minimum absolute atomic E-state index is 0.0534. The number of aromatic nitrogens is 2. The molecule has 0 atom stereocenters. The van der Waals surface area contributed by atoms with Gasteiger partial charge in [-0.05, 0) is 36.5 Å². The molecule has 1 saturated heterocycles. The van der Waals surface area contributed by atoms with Gasteiger partial charge < -0.3 is 15.0 Å². The zero-order chi connectivity index (χ0) is 20.6. The lowest BCUT2D eigenvalue weighted by Crippen LogP contribution is -2.39. The average molecular weight is 423 g/mol. The summed E-state index contributed by atoms with van der Waals surface area (Å²) in [5, 5.41) is 4.00. The maximum absolute atomic E-state index is 12.0. The second kappa shape index (κ2) is 10.2. The van der Waals surface area contributed by atoms with Gasteiger partial charge in [0.05, 0.1) is 0 Å². The number of anilines is 1. The van der Waals surface area contributed by atoms with Gasteiger partial charge in [0.1, 0.15) is 11.6 Å². The number of rotatable bonds is 8. The molecule has 0 bridgehead atoms. The summed E-state index contributed by atoms with van der Waals surface area (Å²) in [4.78, 5) is 19.1. The number of carbonyl (C=O) groups excluding carboxylic acids is 1. The van der Waals surface area contributed by atoms with Crippen molar-refractivity contribution in [3.05, 3.63) is 72.1 Å². The van der Waals surface area contributed by atoms with Crippen LogP contribution in [0.1, 0.15) is 24.2 Å². The molecule has 1 fully saturated rings. The normalized spacial score (nSPS) is 14.5. The molecule has 2 aromatic carbocycles. The van der Waals surface area contributed by atoms with Crippen LogP contribution in [0.4, 0.5) is 5.13 Å². The van der Waals surface area contributed by atoms with E-state index in [0.717, 1.165) is 43.3 Å². The van der Waals surface area contributed by atoms with Crippen LogP contribution in [0.5, 0.6) is 5.75 Å². The number of para-hydroxylation sites is 1. The molecule has 0 saturated carbocycles. The van der Waals surface area contributed by atoms with Gasteiger partial charge in [0.25, 0.3) is 5.91 Å². The van der Waals surface area contributed by atoms with Gasteiger partial charge in [-0.2, -0.15) is 4.37 Å². The molecule has 1 N–H and O–H groups in total. The van der Waals surface area contributed by atoms with Crippen LogP contribution in [-0.4, -0.2) is 41.5 Å². The lowest BCUT2D eigenvalue weighted by molar-refractivity contribution is -0.123. The first-order valence-electron chi connectivity index (χ1n) is 10.3. The van der Waals surface area contributed by atoms with Gasteiger partial charge in [-0.1, -0.05) is 48.5 Å². The van der Waals surface area contributed by atoms with Gasteiger partial charge in [-0.25, -0.2) is 4.98 Å². The van der Waals surface area contributed by atoms with Gasteiger partial charge >= 0.3 is 0 Å². The summed E-state index contributed by atoms with van der Waals surface area (Å²) in [5.41, 5.74) is 1.23. The van der Waals surface area contributed by atoms with Crippen molar-refractivity contribution in [2.45, 2.75) is 19.3 Å². The number of ether oxygens (including phenoxy) is 1. The molecular weight excluding hydrogens is 396 g/mol. The number of benzene rings is 2. The van der Waals surface area contributed by atoms with E-state index in [1.807, 2.05) is 48.5 Å². The highest BCUT2D eigenvalue weighted by atomic mass is 32.1. The summed E-state index contributed by atoms with van der Waals surface area (Å²) in [5.74, 6) is 2.01. The molecule has 1 aliphatic heterocycles. The minimum atomic E-state index is -0.0732. The van der Waals surface area contributed by atoms with E-state index in [-0.39, 0.29) is 12.5 Å². The third-order valence-electron chi connectivity index (χ3n) is 5.25. The van der Waals surface area contributed by atoms with Crippen molar-refractivity contribution < 1.29 is 9.53 Å². The molecule has 2 heterocycles. The van der Waals surface area contributed by atoms with E-state index in [1.165, 1.54) is 17.1 Å². The van der Waals surface area contributed by atoms with Crippen LogP contribution in [-0.2, 0) is 11.2 Å². The predicted molar refractivity (Wildman–Crippen MR) is 119 cm³/mol. The van der Waals surface area contributed by atoms with Crippen LogP contribution in [0.15, 0.2) is 60.7 Å². The molecule has 6 nitrogen and oxygen atoms in total. The molecule has 4 rings (SSSR count). The van der Waals surface area contributed by atoms with Crippen LogP contribution in [0.2, 0.25) is 0 Å². The summed E-state index contributed by atoms with van der Waals surface area (Å²) in [6, 6.07) is 19.7. The van der Waals surface area contributed by atoms with Gasteiger partial charge in [0, 0.05) is 37.6 Å². The predicted octanol–water partition coefficient (Wildman–Crippen LogP) is 3.54. The molecule has 30 heavy (non-hydrogen) atoms. The average Bonchev–Trinajstić information content (AvgIpc) is 3.26. The maximum Gasteiger partial charge on any atom is 0.257 e. The summed E-state index contributed by atoms with van der Waals surface area (Å²) >= 11 is 1.48. The number of carbonyl (C=O) groups is 1. The number of hydrogen-bond acceptors (Lipinski definition) is 6. The molecule has 0 aliphatic carbocycles. The molecular formula is C23H26N4O2S. The number of nitrogens with one attached hydrogen (secondary N) is 1. The number of piperidine rings is 1. The fourth-order valence-corrected chi connectivity index (χ4v) is 4.26. The van der Waals surface area contributed by atoms with Crippen molar-refractivity contribution in [2.75, 3.05) is 31.1 Å². The fourth-order valence-electron chi connectivity index (χ4n) is 3.53. The van der Waals surface area contributed by atoms with E-state index in [2.05, 4.69) is 26.7 Å². The molecule has 0 radical (unpaired) electrons. The Morgan fingerprint density at radius 3 is 2.50 bits per heavy atom. The topological polar surface area (TPSA) is 67.3 Å². The lowest BCUT2D eigenvalue weighted by atomic mass is 9.97. The molecule has 1 aromatic heterocycles. The lowest BCUT2D eigenvalue weighted by Gasteiger charge is -2.31. The highest BCUT2D eigenvalue weighted by Gasteiger charge is 2.22. The number of hydrogen-bond donors (Lipinski definition) is 1. The molecule has 3 aromatic rings. The summed E-state index contributed by atoms with van der Waals surface area (Å²) in [6.45, 7) is 2.64. The SMILES string of the molecule is O=C(COc1ccccc1)NCC1CCN(c2nc(Cc3ccccc3)ns2)CC1. The van der Waals surface area contributed by atoms with Crippen molar-refractivity contribution in [2.24, 2.45) is 5.92 Å². The van der Waals surface area contributed by atoms with Gasteiger partial charge in [0.2, 0.25) is 5.13 Å². The smallest absolute Gasteiger partial charge is 0.257 e. The van der Waals surface area contributed by atoms with E-state index in [0.29, 0.717) is 18.2 Å². The Balaban J connectivity index is 1.17. The monoisotopic (exact) mass is 422 g/mol. The first-order chi connectivity index (χ1) is 14.8. The Bertz CT molecular complexity index is 925. The second-order valence-corrected chi connectivity index (χ2v) is 8.22. The van der Waals surface area contributed by atoms with E-state index < -0.39 is 0 Å². The highest BCUT2D eigenvalue weighted by molar-refractivity contribution is 7.09. The van der Waals surface area contributed by atoms with E-state index in [9.17, 15) is 4.79 Å². The molecule has 156 valence electrons. The molecule has 0 unspecified atom stereocenters. The quantitative estimate of drug-likeness (QED) is 0.601. The van der Waals surface area contributed by atoms with Crippen LogP contribution in [0.3, 0.4) is 0 Å². The Labute approximate surface area is 181 Å². The first-order valence-corrected chi connectivity index (χ1v) is 11.1. The van der Waals surface area contributed by atoms with Crippen molar-refractivity contribution >= 4 is 22.6 Å². The maximum atomic E-state index is 12.0. The molecule has 7 heteroatoms. The highest BCUT2D eigenvalue weighted by Crippen LogP contribution is 2.25. The Morgan fingerprint density at radius 2 is 1.77 bits per heavy atom. The van der Waals surface area contributed by atoms with Gasteiger partial charge in [-0.3, -0.25) is 4.79 Å². The van der Waals surface area contributed by atoms with Crippen molar-refractivity contribution in [1.82, 2.24) is 14.7 Å². The fraction of sp³-hybridized carbons (Fsp3) is 0.348. The minimum Gasteiger partial charge on any atom is -0.484 e. The Hall–Kier alpha value is -2.93. The third-order valence-corrected chi connectivity index (χ3v) is 6.06. The van der Waals surface area contributed by atoms with E-state index in [4.69, 9.17) is 9.72 Å². The summed E-state index contributed by atoms with van der Waals surface area (Å²) < 4.78 is 10.0. The zero-order valence-corrected chi connectivity index (χ0v) is 17.7. The second-order valence-electron chi connectivity index (χ2n) is 7.49. The summed E-state index contributed by atoms with van der Waals surface area (Å²) in [6.07, 6.45) is 2.84. The third kappa shape index (κ3) is 5.79. The Kier molecular flexibility index (Phi) is 6.92. The molecule has 1 amide bonds. The summed E-state index contributed by atoms with van der Waals surface area (Å²) in [7, 11) is 0. The van der Waals surface area contributed by atoms with E-state index >= 15 is 0 Å². The number of amides is 1. The molecule has 1 aliphatic rings. The zero-order valence-electron chi connectivity index (χ0n) is 16.9. The standard InChI is InChI=1S/C23H26N4O2S/c28-22(17-29-20-9-5-2-6-10-20)24-16-19-11-13-27(14-12-19)23-25-21(26-30-23)15-18-7-3-1-4-8-18/h1-10,19H,11-17H2,(H,24,28). The number of nitrogens with zero attached hydrogens (tertiary/aromatic N) is 3. The van der Waals surface area contributed by atoms with Crippen molar-refractivity contribution in [1.29, 1.82) is 0 Å². The molecule has 0 spiro atoms. The van der Waals surface area contributed by atoms with Crippen molar-refractivity contribution in [3.8, 4) is 5.75 Å². The van der Waals surface area contributed by atoms with Crippen LogP contribution < -0.4 is 15.0 Å². The first kappa shape index (κ1) is 20.3. The van der Waals surface area contributed by atoms with E-state index in [1.54, 1.807) is 0 Å². The van der Waals surface area contributed by atoms with Crippen LogP contribution in [0, 0.1) is 5.92 Å². The van der Waals surface area contributed by atoms with Crippen LogP contribution in [0.25, 0.3) is 0 Å². The Morgan fingerprint density at radius 1 is 1.07 bits per heavy atom. The largest absolute Gasteiger partial charge is 0.484 e. The van der Waals surface area contributed by atoms with Crippen LogP contribution >= 0.6 is 11.5 Å². The van der Waals surface area contributed by atoms with Gasteiger partial charge in [-0.15, -0.1) is 0 Å². The van der Waals surface area contributed by atoms with Crippen molar-refractivity contribution in [3.63, 3.8) is 0 Å².